The van der Waals surface area contributed by atoms with Crippen LogP contribution in [0.15, 0.2) is 0 Å². The van der Waals surface area contributed by atoms with Crippen LogP contribution in [0, 0.1) is 11.8 Å². The molecule has 0 saturated carbocycles. The highest BCUT2D eigenvalue weighted by molar-refractivity contribution is 5.70. The standard InChI is InChI=1S/C12H23NO3/c1-5-8(4)11-10(16-12(15)13-11)6-9(14)7(2)3/h7-11,14H,5-6H2,1-4H3,(H,13,15)/t8?,9-,10+,11-/m0/s1. The molecule has 1 heterocycles. The first-order chi connectivity index (χ1) is 7.45. The Hall–Kier alpha value is -0.770. The lowest BCUT2D eigenvalue weighted by molar-refractivity contribution is 0.0449. The fourth-order valence-corrected chi connectivity index (χ4v) is 1.94. The fourth-order valence-electron chi connectivity index (χ4n) is 1.94. The number of hydrogen-bond donors (Lipinski definition) is 2. The van der Waals surface area contributed by atoms with Crippen LogP contribution in [0.3, 0.4) is 0 Å². The summed E-state index contributed by atoms with van der Waals surface area (Å²) in [5.74, 6) is 0.563. The van der Waals surface area contributed by atoms with Crippen LogP contribution in [0.2, 0.25) is 0 Å². The van der Waals surface area contributed by atoms with Crippen molar-refractivity contribution in [3.63, 3.8) is 0 Å². The number of rotatable bonds is 5. The molecule has 4 atom stereocenters. The molecule has 0 radical (unpaired) electrons. The number of carbonyl (C=O) groups excluding carboxylic acids is 1. The molecule has 1 aliphatic heterocycles. The summed E-state index contributed by atoms with van der Waals surface area (Å²) >= 11 is 0. The SMILES string of the molecule is CCC(C)[C@@H]1NC(=O)O[C@@H]1C[C@H](O)C(C)C. The van der Waals surface area contributed by atoms with Crippen LogP contribution < -0.4 is 5.32 Å². The van der Waals surface area contributed by atoms with Gasteiger partial charge in [0.05, 0.1) is 12.1 Å². The molecule has 1 amide bonds. The van der Waals surface area contributed by atoms with Crippen molar-refractivity contribution in [2.75, 3.05) is 0 Å². The average Bonchev–Trinajstić information content (AvgIpc) is 2.58. The normalized spacial score (nSPS) is 28.8. The van der Waals surface area contributed by atoms with Gasteiger partial charge in [-0.15, -0.1) is 0 Å². The molecule has 0 spiro atoms. The van der Waals surface area contributed by atoms with Crippen molar-refractivity contribution in [2.45, 2.75) is 58.8 Å². The van der Waals surface area contributed by atoms with Crippen LogP contribution in [0.1, 0.15) is 40.5 Å². The second-order valence-corrected chi connectivity index (χ2v) is 5.05. The van der Waals surface area contributed by atoms with Gasteiger partial charge >= 0.3 is 6.09 Å². The smallest absolute Gasteiger partial charge is 0.407 e. The van der Waals surface area contributed by atoms with E-state index in [0.29, 0.717) is 12.3 Å². The second-order valence-electron chi connectivity index (χ2n) is 5.05. The van der Waals surface area contributed by atoms with Gasteiger partial charge in [-0.3, -0.25) is 0 Å². The number of aliphatic hydroxyl groups is 1. The van der Waals surface area contributed by atoms with Crippen molar-refractivity contribution in [1.29, 1.82) is 0 Å². The molecule has 1 saturated heterocycles. The van der Waals surface area contributed by atoms with Crippen molar-refractivity contribution in [1.82, 2.24) is 5.32 Å². The van der Waals surface area contributed by atoms with Crippen molar-refractivity contribution < 1.29 is 14.6 Å². The highest BCUT2D eigenvalue weighted by atomic mass is 16.6. The first-order valence-electron chi connectivity index (χ1n) is 6.10. The molecule has 1 aliphatic rings. The average molecular weight is 229 g/mol. The summed E-state index contributed by atoms with van der Waals surface area (Å²) in [5, 5.41) is 12.7. The molecule has 1 rings (SSSR count). The third-order valence-electron chi connectivity index (χ3n) is 3.44. The summed E-state index contributed by atoms with van der Waals surface area (Å²) in [7, 11) is 0. The van der Waals surface area contributed by atoms with Crippen molar-refractivity contribution in [3.8, 4) is 0 Å². The zero-order chi connectivity index (χ0) is 12.3. The van der Waals surface area contributed by atoms with Gasteiger partial charge < -0.3 is 15.2 Å². The van der Waals surface area contributed by atoms with Gasteiger partial charge in [-0.25, -0.2) is 4.79 Å². The maximum atomic E-state index is 11.2. The molecule has 0 bridgehead atoms. The third-order valence-corrected chi connectivity index (χ3v) is 3.44. The summed E-state index contributed by atoms with van der Waals surface area (Å²) < 4.78 is 5.21. The molecule has 16 heavy (non-hydrogen) atoms. The van der Waals surface area contributed by atoms with Gasteiger partial charge in [0.25, 0.3) is 0 Å². The second kappa shape index (κ2) is 5.53. The predicted molar refractivity (Wildman–Crippen MR) is 62.1 cm³/mol. The fraction of sp³-hybridized carbons (Fsp3) is 0.917. The molecule has 2 N–H and O–H groups in total. The van der Waals surface area contributed by atoms with E-state index in [4.69, 9.17) is 4.74 Å². The van der Waals surface area contributed by atoms with Gasteiger partial charge in [-0.1, -0.05) is 34.1 Å². The maximum Gasteiger partial charge on any atom is 0.407 e. The zero-order valence-electron chi connectivity index (χ0n) is 10.6. The summed E-state index contributed by atoms with van der Waals surface area (Å²) in [6, 6.07) is 0.0332. The Morgan fingerprint density at radius 3 is 2.56 bits per heavy atom. The Balaban J connectivity index is 2.59. The summed E-state index contributed by atoms with van der Waals surface area (Å²) in [6.07, 6.45) is 0.545. The van der Waals surface area contributed by atoms with E-state index in [9.17, 15) is 9.90 Å². The van der Waals surface area contributed by atoms with E-state index in [1.54, 1.807) is 0 Å². The molecule has 0 aromatic carbocycles. The Labute approximate surface area is 97.4 Å². The molecular formula is C12H23NO3. The van der Waals surface area contributed by atoms with E-state index < -0.39 is 6.10 Å². The minimum absolute atomic E-state index is 0.0332. The van der Waals surface area contributed by atoms with Crippen molar-refractivity contribution in [2.24, 2.45) is 11.8 Å². The van der Waals surface area contributed by atoms with Crippen LogP contribution in [0.25, 0.3) is 0 Å². The highest BCUT2D eigenvalue weighted by Gasteiger charge is 2.38. The summed E-state index contributed by atoms with van der Waals surface area (Å²) in [6.45, 7) is 8.11. The Morgan fingerprint density at radius 2 is 2.06 bits per heavy atom. The Kier molecular flexibility index (Phi) is 4.59. The molecule has 0 aliphatic carbocycles. The van der Waals surface area contributed by atoms with E-state index in [1.165, 1.54) is 0 Å². The minimum atomic E-state index is -0.413. The summed E-state index contributed by atoms with van der Waals surface area (Å²) in [4.78, 5) is 11.2. The van der Waals surface area contributed by atoms with Gasteiger partial charge in [-0.05, 0) is 11.8 Å². The monoisotopic (exact) mass is 229 g/mol. The van der Waals surface area contributed by atoms with E-state index in [2.05, 4.69) is 19.2 Å². The van der Waals surface area contributed by atoms with Crippen molar-refractivity contribution >= 4 is 6.09 Å². The molecule has 94 valence electrons. The predicted octanol–water partition coefficient (Wildman–Crippen LogP) is 1.92. The third kappa shape index (κ3) is 3.11. The van der Waals surface area contributed by atoms with E-state index >= 15 is 0 Å². The number of nitrogens with one attached hydrogen (secondary N) is 1. The van der Waals surface area contributed by atoms with Crippen LogP contribution >= 0.6 is 0 Å². The Bertz CT molecular complexity index is 242. The van der Waals surface area contributed by atoms with Crippen LogP contribution in [-0.2, 0) is 4.74 Å². The number of amides is 1. The molecular weight excluding hydrogens is 206 g/mol. The number of aliphatic hydroxyl groups excluding tert-OH is 1. The first-order valence-corrected chi connectivity index (χ1v) is 6.10. The van der Waals surface area contributed by atoms with Gasteiger partial charge in [0, 0.05) is 6.42 Å². The number of hydrogen-bond acceptors (Lipinski definition) is 3. The summed E-state index contributed by atoms with van der Waals surface area (Å²) in [5.41, 5.74) is 0. The van der Waals surface area contributed by atoms with Crippen LogP contribution in [0.4, 0.5) is 4.79 Å². The number of alkyl carbamates (subject to hydrolysis) is 1. The minimum Gasteiger partial charge on any atom is -0.444 e. The van der Waals surface area contributed by atoms with Crippen molar-refractivity contribution in [3.05, 3.63) is 0 Å². The van der Waals surface area contributed by atoms with Crippen LogP contribution in [-0.4, -0.2) is 29.4 Å². The van der Waals surface area contributed by atoms with Crippen LogP contribution in [0.5, 0.6) is 0 Å². The first kappa shape index (κ1) is 13.3. The number of ether oxygens (including phenoxy) is 1. The molecule has 1 fully saturated rings. The molecule has 4 nitrogen and oxygen atoms in total. The van der Waals surface area contributed by atoms with Gasteiger partial charge in [0.2, 0.25) is 0 Å². The van der Waals surface area contributed by atoms with Gasteiger partial charge in [-0.2, -0.15) is 0 Å². The zero-order valence-corrected chi connectivity index (χ0v) is 10.6. The highest BCUT2D eigenvalue weighted by Crippen LogP contribution is 2.24. The van der Waals surface area contributed by atoms with Gasteiger partial charge in [0.1, 0.15) is 6.10 Å². The lowest BCUT2D eigenvalue weighted by Crippen LogP contribution is -2.39. The number of cyclic esters (lactones) is 1. The molecule has 0 aromatic rings. The topological polar surface area (TPSA) is 58.6 Å². The quantitative estimate of drug-likeness (QED) is 0.757. The van der Waals surface area contributed by atoms with E-state index in [1.807, 2.05) is 13.8 Å². The molecule has 1 unspecified atom stereocenters. The Morgan fingerprint density at radius 1 is 1.44 bits per heavy atom. The maximum absolute atomic E-state index is 11.2. The lowest BCUT2D eigenvalue weighted by atomic mass is 9.90. The molecule has 0 aromatic heterocycles. The lowest BCUT2D eigenvalue weighted by Gasteiger charge is -2.25. The van der Waals surface area contributed by atoms with Gasteiger partial charge in [0.15, 0.2) is 0 Å². The van der Waals surface area contributed by atoms with E-state index in [0.717, 1.165) is 6.42 Å². The molecule has 4 heteroatoms. The largest absolute Gasteiger partial charge is 0.444 e. The number of carbonyl (C=O) groups is 1. The van der Waals surface area contributed by atoms with E-state index in [-0.39, 0.29) is 24.2 Å².